The van der Waals surface area contributed by atoms with Crippen LogP contribution in [0.3, 0.4) is 0 Å². The minimum absolute atomic E-state index is 0.246. The molecule has 0 fully saturated rings. The van der Waals surface area contributed by atoms with Crippen molar-refractivity contribution < 1.29 is 9.90 Å². The number of rotatable bonds is 5. The maximum absolute atomic E-state index is 11.0. The van der Waals surface area contributed by atoms with Crippen LogP contribution >= 0.6 is 0 Å². The third-order valence-corrected chi connectivity index (χ3v) is 5.00. The third kappa shape index (κ3) is 3.48. The molecule has 0 radical (unpaired) electrons. The zero-order chi connectivity index (χ0) is 13.7. The van der Waals surface area contributed by atoms with Crippen LogP contribution in [0.15, 0.2) is 82.6 Å². The molecule has 0 saturated carbocycles. The zero-order valence-corrected chi connectivity index (χ0v) is 11.3. The molecule has 3 heteroatoms. The second-order valence-corrected chi connectivity index (χ2v) is 6.08. The molecule has 96 valence electrons. The monoisotopic (exact) mass is 271 g/mol. The van der Waals surface area contributed by atoms with Crippen LogP contribution in [0.2, 0.25) is 0 Å². The molecular formula is C16H15O2S+. The Hall–Kier alpha value is -2.00. The maximum atomic E-state index is 11.0. The number of hydrogen-bond acceptors (Lipinski definition) is 1. The van der Waals surface area contributed by atoms with Crippen molar-refractivity contribution in [2.75, 3.05) is 5.75 Å². The van der Waals surface area contributed by atoms with E-state index in [4.69, 9.17) is 5.11 Å². The van der Waals surface area contributed by atoms with E-state index in [1.165, 1.54) is 0 Å². The van der Waals surface area contributed by atoms with Gasteiger partial charge in [-0.15, -0.1) is 0 Å². The van der Waals surface area contributed by atoms with Crippen LogP contribution < -0.4 is 0 Å². The van der Waals surface area contributed by atoms with Gasteiger partial charge >= 0.3 is 5.97 Å². The van der Waals surface area contributed by atoms with E-state index in [9.17, 15) is 4.79 Å². The second kappa shape index (κ2) is 6.25. The molecule has 0 bridgehead atoms. The summed E-state index contributed by atoms with van der Waals surface area (Å²) in [6.07, 6.45) is 0. The van der Waals surface area contributed by atoms with E-state index in [0.29, 0.717) is 5.75 Å². The normalized spacial score (nSPS) is 10.4. The highest BCUT2D eigenvalue weighted by Crippen LogP contribution is 2.24. The van der Waals surface area contributed by atoms with Crippen molar-refractivity contribution in [3.05, 3.63) is 72.8 Å². The summed E-state index contributed by atoms with van der Waals surface area (Å²) >= 11 is 0. The fourth-order valence-corrected chi connectivity index (χ4v) is 3.76. The maximum Gasteiger partial charge on any atom is 0.335 e. The molecule has 0 spiro atoms. The standard InChI is InChI=1S/C16H14O2S/c1-13(16(17)18)12-19(14-8-4-2-5-9-14)15-10-6-3-7-11-15/h2-11H,1,12H2/p+1. The van der Waals surface area contributed by atoms with Gasteiger partial charge in [0, 0.05) is 0 Å². The number of hydrogen-bond donors (Lipinski definition) is 1. The fraction of sp³-hybridized carbons (Fsp3) is 0.0625. The molecule has 0 atom stereocenters. The van der Waals surface area contributed by atoms with Crippen molar-refractivity contribution in [2.45, 2.75) is 9.79 Å². The summed E-state index contributed by atoms with van der Waals surface area (Å²) in [5.74, 6) is -0.479. The minimum atomic E-state index is -0.927. The molecular weight excluding hydrogens is 256 g/mol. The van der Waals surface area contributed by atoms with E-state index >= 15 is 0 Å². The van der Waals surface area contributed by atoms with Crippen molar-refractivity contribution >= 4 is 16.9 Å². The highest BCUT2D eigenvalue weighted by molar-refractivity contribution is 7.97. The van der Waals surface area contributed by atoms with Gasteiger partial charge in [-0.3, -0.25) is 0 Å². The topological polar surface area (TPSA) is 37.3 Å². The van der Waals surface area contributed by atoms with Crippen LogP contribution in [-0.2, 0) is 15.7 Å². The van der Waals surface area contributed by atoms with Gasteiger partial charge in [0.1, 0.15) is 0 Å². The lowest BCUT2D eigenvalue weighted by Crippen LogP contribution is -2.15. The van der Waals surface area contributed by atoms with Crippen molar-refractivity contribution in [3.63, 3.8) is 0 Å². The Morgan fingerprint density at radius 3 is 1.74 bits per heavy atom. The molecule has 2 rings (SSSR count). The Morgan fingerprint density at radius 1 is 0.947 bits per heavy atom. The van der Waals surface area contributed by atoms with Gasteiger partial charge in [0.2, 0.25) is 0 Å². The van der Waals surface area contributed by atoms with Crippen molar-refractivity contribution in [2.24, 2.45) is 0 Å². The van der Waals surface area contributed by atoms with E-state index in [0.717, 1.165) is 9.79 Å². The summed E-state index contributed by atoms with van der Waals surface area (Å²) in [6, 6.07) is 19.9. The average molecular weight is 271 g/mol. The van der Waals surface area contributed by atoms with E-state index in [1.54, 1.807) is 0 Å². The largest absolute Gasteiger partial charge is 0.478 e. The SMILES string of the molecule is C=C(C[S+](c1ccccc1)c1ccccc1)C(=O)O. The summed E-state index contributed by atoms with van der Waals surface area (Å²) in [4.78, 5) is 13.3. The fourth-order valence-electron chi connectivity index (χ4n) is 1.71. The number of carboxylic acid groups (broad SMARTS) is 1. The van der Waals surface area contributed by atoms with Gasteiger partial charge in [0.25, 0.3) is 0 Å². The van der Waals surface area contributed by atoms with Gasteiger partial charge < -0.3 is 5.11 Å². The van der Waals surface area contributed by atoms with Crippen molar-refractivity contribution in [3.8, 4) is 0 Å². The van der Waals surface area contributed by atoms with Gasteiger partial charge in [-0.05, 0) is 24.3 Å². The highest BCUT2D eigenvalue weighted by atomic mass is 32.2. The van der Waals surface area contributed by atoms with E-state index in [1.807, 2.05) is 60.7 Å². The molecule has 0 aromatic heterocycles. The Morgan fingerprint density at radius 2 is 1.37 bits per heavy atom. The number of carboxylic acids is 1. The van der Waals surface area contributed by atoms with Gasteiger partial charge in [0.15, 0.2) is 15.5 Å². The number of carbonyl (C=O) groups is 1. The molecule has 0 aliphatic rings. The lowest BCUT2D eigenvalue weighted by Gasteiger charge is -2.07. The molecule has 2 nitrogen and oxygen atoms in total. The predicted molar refractivity (Wildman–Crippen MR) is 78.4 cm³/mol. The van der Waals surface area contributed by atoms with Crippen LogP contribution in [0.25, 0.3) is 0 Å². The van der Waals surface area contributed by atoms with Gasteiger partial charge in [-0.25, -0.2) is 4.79 Å². The first-order valence-corrected chi connectivity index (χ1v) is 7.30. The Labute approximate surface area is 115 Å². The molecule has 2 aromatic rings. The quantitative estimate of drug-likeness (QED) is 0.669. The van der Waals surface area contributed by atoms with Crippen LogP contribution in [0.1, 0.15) is 0 Å². The van der Waals surface area contributed by atoms with E-state index < -0.39 is 5.97 Å². The molecule has 1 N–H and O–H groups in total. The number of benzene rings is 2. The lowest BCUT2D eigenvalue weighted by molar-refractivity contribution is -0.132. The van der Waals surface area contributed by atoms with Gasteiger partial charge in [-0.2, -0.15) is 0 Å². The Kier molecular flexibility index (Phi) is 4.42. The van der Waals surface area contributed by atoms with E-state index in [2.05, 4.69) is 6.58 Å². The Bertz CT molecular complexity index is 524. The summed E-state index contributed by atoms with van der Waals surface area (Å²) in [6.45, 7) is 3.65. The summed E-state index contributed by atoms with van der Waals surface area (Å²) in [5, 5.41) is 9.03. The molecule has 19 heavy (non-hydrogen) atoms. The average Bonchev–Trinajstić information content (AvgIpc) is 2.46. The minimum Gasteiger partial charge on any atom is -0.478 e. The predicted octanol–water partition coefficient (Wildman–Crippen LogP) is 3.36. The molecule has 0 heterocycles. The highest BCUT2D eigenvalue weighted by Gasteiger charge is 2.27. The van der Waals surface area contributed by atoms with E-state index in [-0.39, 0.29) is 16.5 Å². The zero-order valence-electron chi connectivity index (χ0n) is 10.5. The molecule has 0 unspecified atom stereocenters. The first-order chi connectivity index (χ1) is 9.18. The van der Waals surface area contributed by atoms with Gasteiger partial charge in [0.05, 0.1) is 16.5 Å². The molecule has 2 aromatic carbocycles. The summed E-state index contributed by atoms with van der Waals surface area (Å²) in [7, 11) is -0.282. The first kappa shape index (κ1) is 13.4. The van der Waals surface area contributed by atoms with Crippen LogP contribution in [0, 0.1) is 0 Å². The molecule has 0 aliphatic heterocycles. The lowest BCUT2D eigenvalue weighted by atomic mass is 10.4. The summed E-state index contributed by atoms with van der Waals surface area (Å²) < 4.78 is 0. The third-order valence-electron chi connectivity index (χ3n) is 2.68. The molecule has 0 saturated heterocycles. The van der Waals surface area contributed by atoms with Gasteiger partial charge in [-0.1, -0.05) is 43.0 Å². The first-order valence-electron chi connectivity index (χ1n) is 5.90. The molecule has 0 aliphatic carbocycles. The number of aliphatic carboxylic acids is 1. The van der Waals surface area contributed by atoms with Crippen LogP contribution in [-0.4, -0.2) is 16.8 Å². The van der Waals surface area contributed by atoms with Crippen LogP contribution in [0.5, 0.6) is 0 Å². The van der Waals surface area contributed by atoms with Crippen molar-refractivity contribution in [1.82, 2.24) is 0 Å². The second-order valence-electron chi connectivity index (χ2n) is 4.07. The summed E-state index contributed by atoms with van der Waals surface area (Å²) in [5.41, 5.74) is 0.246. The van der Waals surface area contributed by atoms with Crippen molar-refractivity contribution in [1.29, 1.82) is 0 Å². The molecule has 0 amide bonds. The van der Waals surface area contributed by atoms with Crippen LogP contribution in [0.4, 0.5) is 0 Å². The Balaban J connectivity index is 2.34. The smallest absolute Gasteiger partial charge is 0.335 e.